The van der Waals surface area contributed by atoms with E-state index in [0.29, 0.717) is 11.1 Å². The summed E-state index contributed by atoms with van der Waals surface area (Å²) in [7, 11) is 0. The van der Waals surface area contributed by atoms with Crippen molar-refractivity contribution in [3.05, 3.63) is 68.2 Å². The molecule has 0 bridgehead atoms. The number of fused-ring (bicyclic) bond motifs is 1. The molecule has 0 spiro atoms. The summed E-state index contributed by atoms with van der Waals surface area (Å²) in [6.45, 7) is 0.279. The molecule has 7 nitrogen and oxygen atoms in total. The van der Waals surface area contributed by atoms with Gasteiger partial charge in [-0.1, -0.05) is 23.7 Å². The van der Waals surface area contributed by atoms with Gasteiger partial charge in [0.2, 0.25) is 0 Å². The fraction of sp³-hybridized carbons (Fsp3) is 0.133. The Morgan fingerprint density at radius 1 is 1.26 bits per heavy atom. The molecule has 0 aliphatic heterocycles. The number of benzene rings is 2. The monoisotopic (exact) mass is 334 g/mol. The molecule has 23 heavy (non-hydrogen) atoms. The summed E-state index contributed by atoms with van der Waals surface area (Å²) < 4.78 is 11.9. The molecule has 0 radical (unpaired) electrons. The topological polar surface area (TPSA) is 87.5 Å². The molecule has 0 saturated carbocycles. The van der Waals surface area contributed by atoms with Crippen LogP contribution in [0.3, 0.4) is 0 Å². The largest absolute Gasteiger partial charge is 0.485 e. The third-order valence-electron chi connectivity index (χ3n) is 3.26. The lowest BCUT2D eigenvalue weighted by Gasteiger charge is -2.07. The first kappa shape index (κ1) is 15.1. The van der Waals surface area contributed by atoms with Crippen molar-refractivity contribution in [2.75, 3.05) is 6.61 Å². The van der Waals surface area contributed by atoms with Crippen molar-refractivity contribution in [1.82, 2.24) is 4.57 Å². The SMILES string of the molecule is O=c1oc2ccccc2n1CCOc1ccc(Cl)cc1[N+](=O)[O-]. The van der Waals surface area contributed by atoms with Crippen LogP contribution in [-0.4, -0.2) is 16.1 Å². The van der Waals surface area contributed by atoms with Gasteiger partial charge in [0, 0.05) is 11.1 Å². The number of nitro benzene ring substituents is 1. The van der Waals surface area contributed by atoms with Crippen LogP contribution in [0.4, 0.5) is 5.69 Å². The lowest BCUT2D eigenvalue weighted by atomic mass is 10.3. The minimum Gasteiger partial charge on any atom is -0.485 e. The fourth-order valence-corrected chi connectivity index (χ4v) is 2.39. The second-order valence-corrected chi connectivity index (χ2v) is 5.14. The summed E-state index contributed by atoms with van der Waals surface area (Å²) in [6, 6.07) is 11.2. The summed E-state index contributed by atoms with van der Waals surface area (Å²) in [5.41, 5.74) is 0.906. The summed E-state index contributed by atoms with van der Waals surface area (Å²) in [4.78, 5) is 22.2. The van der Waals surface area contributed by atoms with E-state index in [-0.39, 0.29) is 29.6 Å². The standard InChI is InChI=1S/C15H11ClN2O5/c16-10-5-6-13(12(9-10)18(20)21)22-8-7-17-11-3-1-2-4-14(11)23-15(17)19/h1-6,9H,7-8H2. The van der Waals surface area contributed by atoms with Gasteiger partial charge in [-0.3, -0.25) is 14.7 Å². The normalized spacial score (nSPS) is 10.8. The molecule has 0 aliphatic carbocycles. The van der Waals surface area contributed by atoms with Crippen molar-refractivity contribution < 1.29 is 14.1 Å². The highest BCUT2D eigenvalue weighted by Crippen LogP contribution is 2.29. The molecule has 3 rings (SSSR count). The lowest BCUT2D eigenvalue weighted by molar-refractivity contribution is -0.385. The summed E-state index contributed by atoms with van der Waals surface area (Å²) >= 11 is 5.74. The van der Waals surface area contributed by atoms with Crippen molar-refractivity contribution in [3.8, 4) is 5.75 Å². The minimum absolute atomic E-state index is 0.0753. The molecular weight excluding hydrogens is 324 g/mol. The van der Waals surface area contributed by atoms with Gasteiger partial charge in [-0.05, 0) is 24.3 Å². The molecule has 0 atom stereocenters. The zero-order valence-corrected chi connectivity index (χ0v) is 12.5. The summed E-state index contributed by atoms with van der Waals surface area (Å²) in [6.07, 6.45) is 0. The molecular formula is C15H11ClN2O5. The highest BCUT2D eigenvalue weighted by Gasteiger charge is 2.16. The quantitative estimate of drug-likeness (QED) is 0.528. The molecule has 2 aromatic carbocycles. The maximum atomic E-state index is 11.8. The van der Waals surface area contributed by atoms with Crippen LogP contribution in [0.5, 0.6) is 5.75 Å². The van der Waals surface area contributed by atoms with Crippen LogP contribution in [-0.2, 0) is 6.54 Å². The molecule has 0 aliphatic rings. The van der Waals surface area contributed by atoms with Crippen LogP contribution in [0.1, 0.15) is 0 Å². The second-order valence-electron chi connectivity index (χ2n) is 4.70. The molecule has 3 aromatic rings. The van der Waals surface area contributed by atoms with E-state index < -0.39 is 10.7 Å². The van der Waals surface area contributed by atoms with Crippen LogP contribution in [0, 0.1) is 10.1 Å². The van der Waals surface area contributed by atoms with Gasteiger partial charge in [-0.15, -0.1) is 0 Å². The number of aromatic nitrogens is 1. The zero-order chi connectivity index (χ0) is 16.4. The van der Waals surface area contributed by atoms with Gasteiger partial charge in [-0.2, -0.15) is 0 Å². The highest BCUT2D eigenvalue weighted by molar-refractivity contribution is 6.30. The van der Waals surface area contributed by atoms with Crippen LogP contribution in [0.2, 0.25) is 5.02 Å². The van der Waals surface area contributed by atoms with Crippen molar-refractivity contribution in [1.29, 1.82) is 0 Å². The van der Waals surface area contributed by atoms with E-state index in [4.69, 9.17) is 20.8 Å². The van der Waals surface area contributed by atoms with E-state index in [2.05, 4.69) is 0 Å². The molecule has 8 heteroatoms. The second kappa shape index (κ2) is 6.13. The maximum Gasteiger partial charge on any atom is 0.420 e. The molecule has 0 N–H and O–H groups in total. The van der Waals surface area contributed by atoms with Gasteiger partial charge >= 0.3 is 11.4 Å². The van der Waals surface area contributed by atoms with Gasteiger partial charge in [0.05, 0.1) is 17.0 Å². The number of hydrogen-bond acceptors (Lipinski definition) is 5. The van der Waals surface area contributed by atoms with E-state index >= 15 is 0 Å². The molecule has 118 valence electrons. The van der Waals surface area contributed by atoms with Crippen LogP contribution >= 0.6 is 11.6 Å². The van der Waals surface area contributed by atoms with Crippen molar-refractivity contribution >= 4 is 28.4 Å². The first-order valence-electron chi connectivity index (χ1n) is 6.71. The fourth-order valence-electron chi connectivity index (χ4n) is 2.23. The molecule has 0 fully saturated rings. The minimum atomic E-state index is -0.569. The number of nitro groups is 1. The van der Waals surface area contributed by atoms with E-state index in [1.54, 1.807) is 24.3 Å². The summed E-state index contributed by atoms with van der Waals surface area (Å²) in [5, 5.41) is 11.2. The molecule has 0 unspecified atom stereocenters. The van der Waals surface area contributed by atoms with Crippen LogP contribution in [0.25, 0.3) is 11.1 Å². The Morgan fingerprint density at radius 2 is 2.04 bits per heavy atom. The Labute approximate surface area is 134 Å². The Kier molecular flexibility index (Phi) is 4.03. The van der Waals surface area contributed by atoms with Crippen LogP contribution in [0.15, 0.2) is 51.7 Å². The van der Waals surface area contributed by atoms with Gasteiger partial charge in [0.1, 0.15) is 6.61 Å². The first-order chi connectivity index (χ1) is 11.1. The maximum absolute atomic E-state index is 11.8. The number of para-hydroxylation sites is 2. The van der Waals surface area contributed by atoms with E-state index in [1.807, 2.05) is 0 Å². The van der Waals surface area contributed by atoms with E-state index in [9.17, 15) is 14.9 Å². The Bertz CT molecular complexity index is 931. The van der Waals surface area contributed by atoms with Gasteiger partial charge in [0.25, 0.3) is 0 Å². The summed E-state index contributed by atoms with van der Waals surface area (Å²) in [5.74, 6) is -0.402. The van der Waals surface area contributed by atoms with Crippen LogP contribution < -0.4 is 10.5 Å². The first-order valence-corrected chi connectivity index (χ1v) is 7.09. The van der Waals surface area contributed by atoms with Gasteiger partial charge < -0.3 is 9.15 Å². The predicted octanol–water partition coefficient (Wildman–Crippen LogP) is 3.24. The molecule has 1 heterocycles. The predicted molar refractivity (Wildman–Crippen MR) is 84.1 cm³/mol. The van der Waals surface area contributed by atoms with Crippen molar-refractivity contribution in [2.45, 2.75) is 6.54 Å². The highest BCUT2D eigenvalue weighted by atomic mass is 35.5. The van der Waals surface area contributed by atoms with Gasteiger partial charge in [0.15, 0.2) is 11.3 Å². The molecule has 0 amide bonds. The third kappa shape index (κ3) is 3.04. The Morgan fingerprint density at radius 3 is 2.83 bits per heavy atom. The number of nitrogens with zero attached hydrogens (tertiary/aromatic N) is 2. The lowest BCUT2D eigenvalue weighted by Crippen LogP contribution is -2.18. The number of halogens is 1. The van der Waals surface area contributed by atoms with Crippen molar-refractivity contribution in [3.63, 3.8) is 0 Å². The smallest absolute Gasteiger partial charge is 0.420 e. The van der Waals surface area contributed by atoms with Crippen molar-refractivity contribution in [2.24, 2.45) is 0 Å². The third-order valence-corrected chi connectivity index (χ3v) is 3.50. The molecule has 0 saturated heterocycles. The van der Waals surface area contributed by atoms with E-state index in [1.165, 1.54) is 22.8 Å². The average Bonchev–Trinajstić information content (AvgIpc) is 2.84. The zero-order valence-electron chi connectivity index (χ0n) is 11.8. The number of hydrogen-bond donors (Lipinski definition) is 0. The van der Waals surface area contributed by atoms with Gasteiger partial charge in [-0.25, -0.2) is 4.79 Å². The number of ether oxygens (including phenoxy) is 1. The molecule has 1 aromatic heterocycles. The Hall–Kier alpha value is -2.80. The number of rotatable bonds is 5. The number of oxazole rings is 1. The average molecular weight is 335 g/mol. The Balaban J connectivity index is 1.78. The van der Waals surface area contributed by atoms with E-state index in [0.717, 1.165) is 0 Å².